The second-order valence-electron chi connectivity index (χ2n) is 5.42. The van der Waals surface area contributed by atoms with Gasteiger partial charge in [0, 0.05) is 6.42 Å². The highest BCUT2D eigenvalue weighted by Gasteiger charge is 2.36. The van der Waals surface area contributed by atoms with Gasteiger partial charge in [0.15, 0.2) is 0 Å². The highest BCUT2D eigenvalue weighted by Crippen LogP contribution is 2.14. The number of amides is 3. The van der Waals surface area contributed by atoms with Crippen LogP contribution in [-0.2, 0) is 30.5 Å². The second-order valence-corrected chi connectivity index (χ2v) is 5.42. The van der Waals surface area contributed by atoms with Gasteiger partial charge in [-0.3, -0.25) is 19.3 Å². The molecule has 0 spiro atoms. The normalized spacial score (nSPS) is 17.2. The summed E-state index contributed by atoms with van der Waals surface area (Å²) in [5.74, 6) is -1.77. The van der Waals surface area contributed by atoms with Crippen molar-refractivity contribution in [2.75, 3.05) is 13.2 Å². The van der Waals surface area contributed by atoms with Crippen LogP contribution in [-0.4, -0.2) is 48.0 Å². The predicted octanol–water partition coefficient (Wildman–Crippen LogP) is 0.993. The van der Waals surface area contributed by atoms with Gasteiger partial charge in [-0.25, -0.2) is 4.79 Å². The van der Waals surface area contributed by atoms with Crippen molar-refractivity contribution in [3.63, 3.8) is 0 Å². The van der Waals surface area contributed by atoms with E-state index >= 15 is 0 Å². The van der Waals surface area contributed by atoms with Crippen molar-refractivity contribution in [2.24, 2.45) is 0 Å². The molecule has 1 aromatic rings. The van der Waals surface area contributed by atoms with E-state index in [0.717, 1.165) is 10.5 Å². The van der Waals surface area contributed by atoms with Crippen LogP contribution in [0.15, 0.2) is 30.3 Å². The molecule has 1 fully saturated rings. The van der Waals surface area contributed by atoms with Gasteiger partial charge < -0.3 is 14.8 Å². The van der Waals surface area contributed by atoms with Gasteiger partial charge in [-0.15, -0.1) is 0 Å². The van der Waals surface area contributed by atoms with E-state index in [0.29, 0.717) is 0 Å². The number of piperidine rings is 1. The number of benzene rings is 1. The van der Waals surface area contributed by atoms with E-state index in [4.69, 9.17) is 9.47 Å². The summed E-state index contributed by atoms with van der Waals surface area (Å²) in [6.45, 7) is 1.40. The third-order valence-electron chi connectivity index (χ3n) is 3.61. The lowest BCUT2D eigenvalue weighted by Crippen LogP contribution is -2.55. The maximum absolute atomic E-state index is 12.3. The Morgan fingerprint density at radius 1 is 1.20 bits per heavy atom. The molecule has 1 N–H and O–H groups in total. The number of nitrogens with zero attached hydrogens (tertiary/aromatic N) is 1. The molecule has 134 valence electrons. The molecule has 1 saturated heterocycles. The molecule has 1 heterocycles. The number of hydrogen-bond acceptors (Lipinski definition) is 6. The minimum absolute atomic E-state index is 0.0504. The molecule has 1 aliphatic rings. The number of carbonyl (C=O) groups excluding carboxylic acids is 4. The Bertz CT molecular complexity index is 646. The molecule has 2 rings (SSSR count). The van der Waals surface area contributed by atoms with E-state index in [-0.39, 0.29) is 26.1 Å². The number of nitrogens with one attached hydrogen (secondary N) is 1. The average Bonchev–Trinajstić information content (AvgIpc) is 2.60. The number of imide groups is 1. The molecule has 0 unspecified atom stereocenters. The van der Waals surface area contributed by atoms with E-state index in [1.807, 2.05) is 18.2 Å². The summed E-state index contributed by atoms with van der Waals surface area (Å²) >= 11 is 0. The van der Waals surface area contributed by atoms with Crippen molar-refractivity contribution in [3.05, 3.63) is 35.9 Å². The van der Waals surface area contributed by atoms with Crippen LogP contribution in [0.4, 0.5) is 4.79 Å². The van der Waals surface area contributed by atoms with Crippen LogP contribution >= 0.6 is 0 Å². The van der Waals surface area contributed by atoms with Crippen LogP contribution in [0, 0.1) is 0 Å². The van der Waals surface area contributed by atoms with E-state index in [2.05, 4.69) is 5.32 Å². The molecule has 1 aromatic carbocycles. The standard InChI is InChI=1S/C17H20N2O6/c1-2-24-15(21)10-19-14(20)9-8-13(16(19)22)18-17(23)25-11-12-6-4-3-5-7-12/h3-7,13H,2,8-11H2,1H3,(H,18,23)/t13-/m0/s1. The molecular formula is C17H20N2O6. The first kappa shape index (κ1) is 18.4. The van der Waals surface area contributed by atoms with Crippen LogP contribution in [0.5, 0.6) is 0 Å². The molecule has 1 atom stereocenters. The van der Waals surface area contributed by atoms with E-state index in [1.165, 1.54) is 0 Å². The van der Waals surface area contributed by atoms with Gasteiger partial charge >= 0.3 is 12.1 Å². The van der Waals surface area contributed by atoms with Crippen molar-refractivity contribution in [1.29, 1.82) is 0 Å². The number of hydrogen-bond donors (Lipinski definition) is 1. The van der Waals surface area contributed by atoms with Crippen LogP contribution < -0.4 is 5.32 Å². The number of likely N-dealkylation sites (tertiary alicyclic amines) is 1. The summed E-state index contributed by atoms with van der Waals surface area (Å²) in [4.78, 5) is 48.3. The highest BCUT2D eigenvalue weighted by molar-refractivity contribution is 6.03. The van der Waals surface area contributed by atoms with Gasteiger partial charge in [0.05, 0.1) is 6.61 Å². The van der Waals surface area contributed by atoms with Crippen LogP contribution in [0.2, 0.25) is 0 Å². The fraction of sp³-hybridized carbons (Fsp3) is 0.412. The molecule has 0 saturated carbocycles. The molecule has 25 heavy (non-hydrogen) atoms. The summed E-state index contributed by atoms with van der Waals surface area (Å²) in [5.41, 5.74) is 0.812. The number of esters is 1. The molecule has 8 nitrogen and oxygen atoms in total. The van der Waals surface area contributed by atoms with E-state index in [9.17, 15) is 19.2 Å². The van der Waals surface area contributed by atoms with Crippen LogP contribution in [0.25, 0.3) is 0 Å². The number of alkyl carbamates (subject to hydrolysis) is 1. The second kappa shape index (κ2) is 8.81. The maximum atomic E-state index is 12.3. The monoisotopic (exact) mass is 348 g/mol. The van der Waals surface area contributed by atoms with Crippen LogP contribution in [0.3, 0.4) is 0 Å². The van der Waals surface area contributed by atoms with Crippen molar-refractivity contribution in [2.45, 2.75) is 32.4 Å². The zero-order valence-corrected chi connectivity index (χ0v) is 13.9. The van der Waals surface area contributed by atoms with Gasteiger partial charge in [0.2, 0.25) is 5.91 Å². The van der Waals surface area contributed by atoms with Gasteiger partial charge in [-0.05, 0) is 18.9 Å². The highest BCUT2D eigenvalue weighted by atomic mass is 16.5. The van der Waals surface area contributed by atoms with Gasteiger partial charge in [0.25, 0.3) is 5.91 Å². The summed E-state index contributed by atoms with van der Waals surface area (Å²) in [7, 11) is 0. The van der Waals surface area contributed by atoms with E-state index in [1.54, 1.807) is 19.1 Å². The number of carbonyl (C=O) groups is 4. The smallest absolute Gasteiger partial charge is 0.408 e. The zero-order valence-electron chi connectivity index (χ0n) is 13.9. The molecule has 0 aliphatic carbocycles. The molecule has 3 amide bonds. The third kappa shape index (κ3) is 5.30. The Morgan fingerprint density at radius 3 is 2.60 bits per heavy atom. The summed E-state index contributed by atoms with van der Waals surface area (Å²) in [5, 5.41) is 2.44. The van der Waals surface area contributed by atoms with Gasteiger partial charge in [-0.1, -0.05) is 30.3 Å². The first-order chi connectivity index (χ1) is 12.0. The van der Waals surface area contributed by atoms with Crippen molar-refractivity contribution >= 4 is 23.9 Å². The van der Waals surface area contributed by atoms with Gasteiger partial charge in [0.1, 0.15) is 19.2 Å². The molecule has 0 radical (unpaired) electrons. The number of ether oxygens (including phenoxy) is 2. The molecule has 1 aliphatic heterocycles. The summed E-state index contributed by atoms with van der Waals surface area (Å²) in [6.07, 6.45) is -0.542. The molecule has 0 aromatic heterocycles. The quantitative estimate of drug-likeness (QED) is 0.608. The summed E-state index contributed by atoms with van der Waals surface area (Å²) in [6, 6.07) is 8.19. The minimum Gasteiger partial charge on any atom is -0.465 e. The molecule has 8 heteroatoms. The SMILES string of the molecule is CCOC(=O)CN1C(=O)CC[C@H](NC(=O)OCc2ccccc2)C1=O. The lowest BCUT2D eigenvalue weighted by molar-refractivity contribution is -0.158. The lowest BCUT2D eigenvalue weighted by Gasteiger charge is -2.30. The fourth-order valence-corrected chi connectivity index (χ4v) is 2.38. The average molecular weight is 348 g/mol. The largest absolute Gasteiger partial charge is 0.465 e. The fourth-order valence-electron chi connectivity index (χ4n) is 2.38. The first-order valence-electron chi connectivity index (χ1n) is 7.98. The molecular weight excluding hydrogens is 328 g/mol. The van der Waals surface area contributed by atoms with Crippen molar-refractivity contribution in [3.8, 4) is 0 Å². The Labute approximate surface area is 145 Å². The zero-order chi connectivity index (χ0) is 18.2. The Kier molecular flexibility index (Phi) is 6.50. The Morgan fingerprint density at radius 2 is 1.92 bits per heavy atom. The molecule has 0 bridgehead atoms. The maximum Gasteiger partial charge on any atom is 0.408 e. The topological polar surface area (TPSA) is 102 Å². The van der Waals surface area contributed by atoms with Crippen LogP contribution in [0.1, 0.15) is 25.3 Å². The summed E-state index contributed by atoms with van der Waals surface area (Å²) < 4.78 is 9.81. The van der Waals surface area contributed by atoms with E-state index < -0.39 is 36.5 Å². The Balaban J connectivity index is 1.88. The first-order valence-corrected chi connectivity index (χ1v) is 7.98. The van der Waals surface area contributed by atoms with Gasteiger partial charge in [-0.2, -0.15) is 0 Å². The van der Waals surface area contributed by atoms with Crippen molar-refractivity contribution < 1.29 is 28.7 Å². The third-order valence-corrected chi connectivity index (χ3v) is 3.61. The number of rotatable bonds is 6. The predicted molar refractivity (Wildman–Crippen MR) is 86.1 cm³/mol. The lowest BCUT2D eigenvalue weighted by atomic mass is 10.0. The van der Waals surface area contributed by atoms with Crippen molar-refractivity contribution in [1.82, 2.24) is 10.2 Å². The Hall–Kier alpha value is -2.90. The minimum atomic E-state index is -0.907.